The van der Waals surface area contributed by atoms with Crippen LogP contribution in [0.15, 0.2) is 41.4 Å². The molecule has 1 aromatic heterocycles. The van der Waals surface area contributed by atoms with Crippen LogP contribution in [0.3, 0.4) is 0 Å². The van der Waals surface area contributed by atoms with E-state index in [0.717, 1.165) is 17.8 Å². The summed E-state index contributed by atoms with van der Waals surface area (Å²) in [7, 11) is -3.92. The number of aliphatic carboxylic acids is 1. The van der Waals surface area contributed by atoms with Crippen molar-refractivity contribution in [2.24, 2.45) is 0 Å². The maximum atomic E-state index is 13.5. The largest absolute Gasteiger partial charge is 0.481 e. The molecule has 0 radical (unpaired) electrons. The molecule has 7 nitrogen and oxygen atoms in total. The second kappa shape index (κ2) is 8.28. The summed E-state index contributed by atoms with van der Waals surface area (Å²) >= 11 is 0. The summed E-state index contributed by atoms with van der Waals surface area (Å²) in [6.45, 7) is 3.98. The molecule has 178 valence electrons. The van der Waals surface area contributed by atoms with Crippen LogP contribution in [0.2, 0.25) is 0 Å². The van der Waals surface area contributed by atoms with E-state index in [1.165, 1.54) is 22.5 Å². The standard InChI is InChI=1S/C22H24F3N3O4S/c1-13-11-27(20-8-5-16(10-26-20)22(23,24)25)12-14(2)28(13)33(31,32)17-6-3-15-4-7-18(21(29)30)19(15)9-17/h3,5-6,8-10,13-14,18H,4,7,11-12H2,1-2H3,(H,29,30)/t13-,14-,18?/m0/s1. The van der Waals surface area contributed by atoms with Crippen LogP contribution in [0, 0.1) is 0 Å². The van der Waals surface area contributed by atoms with Crippen LogP contribution in [-0.4, -0.2) is 54.0 Å². The monoisotopic (exact) mass is 483 g/mol. The lowest BCUT2D eigenvalue weighted by Crippen LogP contribution is -2.58. The van der Waals surface area contributed by atoms with Gasteiger partial charge in [-0.05, 0) is 62.1 Å². The fraction of sp³-hybridized carbons (Fsp3) is 0.455. The Balaban J connectivity index is 1.57. The number of aromatic nitrogens is 1. The number of nitrogens with zero attached hydrogens (tertiary/aromatic N) is 3. The minimum Gasteiger partial charge on any atom is -0.481 e. The lowest BCUT2D eigenvalue weighted by molar-refractivity contribution is -0.139. The van der Waals surface area contributed by atoms with Crippen molar-refractivity contribution in [1.82, 2.24) is 9.29 Å². The Morgan fingerprint density at radius 2 is 1.79 bits per heavy atom. The highest BCUT2D eigenvalue weighted by molar-refractivity contribution is 7.89. The van der Waals surface area contributed by atoms with Crippen molar-refractivity contribution in [3.63, 3.8) is 0 Å². The van der Waals surface area contributed by atoms with Gasteiger partial charge in [0.2, 0.25) is 10.0 Å². The van der Waals surface area contributed by atoms with Crippen molar-refractivity contribution in [1.29, 1.82) is 0 Å². The van der Waals surface area contributed by atoms with Gasteiger partial charge >= 0.3 is 12.1 Å². The van der Waals surface area contributed by atoms with Crippen LogP contribution in [0.25, 0.3) is 0 Å². The second-order valence-corrected chi connectivity index (χ2v) is 10.5. The van der Waals surface area contributed by atoms with Crippen LogP contribution in [-0.2, 0) is 27.4 Å². The number of carboxylic acids is 1. The summed E-state index contributed by atoms with van der Waals surface area (Å²) in [5, 5.41) is 9.45. The average molecular weight is 484 g/mol. The number of rotatable bonds is 4. The average Bonchev–Trinajstić information content (AvgIpc) is 3.16. The third kappa shape index (κ3) is 4.31. The van der Waals surface area contributed by atoms with Crippen LogP contribution >= 0.6 is 0 Å². The van der Waals surface area contributed by atoms with E-state index in [-0.39, 0.29) is 18.0 Å². The predicted octanol–water partition coefficient (Wildman–Crippen LogP) is 3.50. The molecule has 2 aliphatic rings. The van der Waals surface area contributed by atoms with Crippen molar-refractivity contribution in [2.75, 3.05) is 18.0 Å². The quantitative estimate of drug-likeness (QED) is 0.716. The maximum absolute atomic E-state index is 13.5. The van der Waals surface area contributed by atoms with Crippen molar-refractivity contribution >= 4 is 21.8 Å². The minimum atomic E-state index is -4.48. The summed E-state index contributed by atoms with van der Waals surface area (Å²) in [6.07, 6.45) is -2.66. The van der Waals surface area contributed by atoms with Crippen molar-refractivity contribution < 1.29 is 31.5 Å². The van der Waals surface area contributed by atoms with E-state index < -0.39 is 45.7 Å². The van der Waals surface area contributed by atoms with Gasteiger partial charge < -0.3 is 10.0 Å². The van der Waals surface area contributed by atoms with E-state index in [0.29, 0.717) is 24.2 Å². The molecular formula is C22H24F3N3O4S. The molecule has 0 spiro atoms. The Bertz CT molecular complexity index is 1160. The molecule has 3 atom stereocenters. The zero-order valence-corrected chi connectivity index (χ0v) is 18.9. The van der Waals surface area contributed by atoms with Crippen molar-refractivity contribution in [2.45, 2.75) is 55.8 Å². The van der Waals surface area contributed by atoms with E-state index in [1.54, 1.807) is 24.8 Å². The Hall–Kier alpha value is -2.66. The first-order chi connectivity index (χ1) is 15.4. The first kappa shape index (κ1) is 23.5. The third-order valence-electron chi connectivity index (χ3n) is 6.31. The van der Waals surface area contributed by atoms with Gasteiger partial charge in [0.05, 0.1) is 16.4 Å². The van der Waals surface area contributed by atoms with E-state index in [2.05, 4.69) is 4.98 Å². The first-order valence-electron chi connectivity index (χ1n) is 10.6. The molecule has 1 aliphatic heterocycles. The van der Waals surface area contributed by atoms with Gasteiger partial charge in [0.25, 0.3) is 0 Å². The molecule has 0 bridgehead atoms. The number of halogens is 3. The molecule has 1 aromatic carbocycles. The molecule has 4 rings (SSSR count). The Labute approximate surface area is 189 Å². The van der Waals surface area contributed by atoms with Crippen molar-refractivity contribution in [3.05, 3.63) is 53.2 Å². The number of benzene rings is 1. The number of hydrogen-bond acceptors (Lipinski definition) is 5. The number of piperazine rings is 1. The summed E-state index contributed by atoms with van der Waals surface area (Å²) < 4.78 is 66.9. The number of carbonyl (C=O) groups is 1. The molecule has 0 amide bonds. The molecular weight excluding hydrogens is 459 g/mol. The van der Waals surface area contributed by atoms with Crippen LogP contribution in [0.4, 0.5) is 19.0 Å². The van der Waals surface area contributed by atoms with E-state index >= 15 is 0 Å². The van der Waals surface area contributed by atoms with Gasteiger partial charge in [-0.1, -0.05) is 6.07 Å². The second-order valence-electron chi connectivity index (χ2n) is 8.63. The lowest BCUT2D eigenvalue weighted by atomic mass is 10.0. The number of pyridine rings is 1. The fourth-order valence-electron chi connectivity index (χ4n) is 4.83. The molecule has 33 heavy (non-hydrogen) atoms. The summed E-state index contributed by atoms with van der Waals surface area (Å²) in [6, 6.07) is 5.96. The number of aryl methyl sites for hydroxylation is 1. The Morgan fingerprint density at radius 3 is 2.33 bits per heavy atom. The van der Waals surface area contributed by atoms with Crippen LogP contribution < -0.4 is 4.90 Å². The molecule has 1 saturated heterocycles. The number of fused-ring (bicyclic) bond motifs is 1. The molecule has 1 fully saturated rings. The highest BCUT2D eigenvalue weighted by atomic mass is 32.2. The summed E-state index contributed by atoms with van der Waals surface area (Å²) in [4.78, 5) is 17.3. The number of anilines is 1. The topological polar surface area (TPSA) is 90.8 Å². The van der Waals surface area contributed by atoms with E-state index in [1.807, 2.05) is 0 Å². The highest BCUT2D eigenvalue weighted by Gasteiger charge is 2.40. The van der Waals surface area contributed by atoms with Gasteiger partial charge in [-0.15, -0.1) is 0 Å². The molecule has 2 aromatic rings. The Morgan fingerprint density at radius 1 is 1.12 bits per heavy atom. The van der Waals surface area contributed by atoms with E-state index in [4.69, 9.17) is 0 Å². The third-order valence-corrected chi connectivity index (χ3v) is 8.43. The lowest BCUT2D eigenvalue weighted by Gasteiger charge is -2.43. The van der Waals surface area contributed by atoms with Gasteiger partial charge in [-0.3, -0.25) is 4.79 Å². The van der Waals surface area contributed by atoms with Crippen LogP contribution in [0.1, 0.15) is 42.9 Å². The molecule has 1 unspecified atom stereocenters. The summed E-state index contributed by atoms with van der Waals surface area (Å²) in [5.74, 6) is -1.34. The smallest absolute Gasteiger partial charge is 0.417 e. The zero-order chi connectivity index (χ0) is 24.1. The Kier molecular flexibility index (Phi) is 5.90. The summed E-state index contributed by atoms with van der Waals surface area (Å²) in [5.41, 5.74) is 0.543. The number of alkyl halides is 3. The van der Waals surface area contributed by atoms with Gasteiger partial charge in [0.15, 0.2) is 0 Å². The maximum Gasteiger partial charge on any atom is 0.417 e. The van der Waals surface area contributed by atoms with Gasteiger partial charge in [0, 0.05) is 31.4 Å². The van der Waals surface area contributed by atoms with Gasteiger partial charge in [-0.2, -0.15) is 17.5 Å². The normalized spacial score (nSPS) is 24.0. The predicted molar refractivity (Wildman–Crippen MR) is 115 cm³/mol. The van der Waals surface area contributed by atoms with Crippen LogP contribution in [0.5, 0.6) is 0 Å². The van der Waals surface area contributed by atoms with Crippen molar-refractivity contribution in [3.8, 4) is 0 Å². The number of hydrogen-bond donors (Lipinski definition) is 1. The molecule has 11 heteroatoms. The molecule has 1 N–H and O–H groups in total. The molecule has 2 heterocycles. The molecule has 1 aliphatic carbocycles. The number of carboxylic acid groups (broad SMARTS) is 1. The van der Waals surface area contributed by atoms with Gasteiger partial charge in [0.1, 0.15) is 5.82 Å². The number of sulfonamides is 1. The first-order valence-corrected chi connectivity index (χ1v) is 12.0. The zero-order valence-electron chi connectivity index (χ0n) is 18.1. The fourth-order valence-corrected chi connectivity index (χ4v) is 6.67. The van der Waals surface area contributed by atoms with E-state index in [9.17, 15) is 31.5 Å². The minimum absolute atomic E-state index is 0.0502. The molecule has 0 saturated carbocycles. The SMILES string of the molecule is C[C@H]1CN(c2ccc(C(F)(F)F)cn2)C[C@H](C)N1S(=O)(=O)c1ccc2c(c1)C(C(=O)O)CC2. The van der Waals surface area contributed by atoms with Gasteiger partial charge in [-0.25, -0.2) is 13.4 Å². The highest BCUT2D eigenvalue weighted by Crippen LogP contribution is 2.36.